The first kappa shape index (κ1) is 12.2. The van der Waals surface area contributed by atoms with E-state index in [1.807, 2.05) is 0 Å². The zero-order chi connectivity index (χ0) is 13.2. The predicted octanol–water partition coefficient (Wildman–Crippen LogP) is 3.75. The summed E-state index contributed by atoms with van der Waals surface area (Å²) in [5.41, 5.74) is 4.82. The molecule has 0 N–H and O–H groups in total. The molecular weight excluding hydrogens is 236 g/mol. The van der Waals surface area contributed by atoms with E-state index in [-0.39, 0.29) is 6.10 Å². The SMILES string of the molecule is Cc1ccc(-c2ccc(C)cc2OCC2CO2)cc1. The van der Waals surface area contributed by atoms with Crippen LogP contribution in [0.2, 0.25) is 0 Å². The number of hydrogen-bond acceptors (Lipinski definition) is 2. The highest BCUT2D eigenvalue weighted by Gasteiger charge is 2.23. The second kappa shape index (κ2) is 5.06. The van der Waals surface area contributed by atoms with Gasteiger partial charge < -0.3 is 9.47 Å². The van der Waals surface area contributed by atoms with Crippen LogP contribution in [0.25, 0.3) is 11.1 Å². The minimum atomic E-state index is 0.284. The first-order valence-corrected chi connectivity index (χ1v) is 6.64. The van der Waals surface area contributed by atoms with E-state index in [0.29, 0.717) is 6.61 Å². The Morgan fingerprint density at radius 2 is 1.74 bits per heavy atom. The third kappa shape index (κ3) is 2.96. The molecule has 98 valence electrons. The molecule has 0 spiro atoms. The zero-order valence-corrected chi connectivity index (χ0v) is 11.3. The zero-order valence-electron chi connectivity index (χ0n) is 11.3. The fourth-order valence-corrected chi connectivity index (χ4v) is 2.07. The van der Waals surface area contributed by atoms with Crippen LogP contribution < -0.4 is 4.74 Å². The maximum Gasteiger partial charge on any atom is 0.127 e. The van der Waals surface area contributed by atoms with Crippen LogP contribution in [-0.2, 0) is 4.74 Å². The molecular formula is C17H18O2. The summed E-state index contributed by atoms with van der Waals surface area (Å²) in [5.74, 6) is 0.944. The van der Waals surface area contributed by atoms with Gasteiger partial charge in [-0.2, -0.15) is 0 Å². The summed E-state index contributed by atoms with van der Waals surface area (Å²) in [6, 6.07) is 14.9. The maximum atomic E-state index is 5.90. The van der Waals surface area contributed by atoms with Crippen LogP contribution in [0.4, 0.5) is 0 Å². The van der Waals surface area contributed by atoms with Gasteiger partial charge in [0.2, 0.25) is 0 Å². The van der Waals surface area contributed by atoms with Crippen molar-refractivity contribution in [1.82, 2.24) is 0 Å². The van der Waals surface area contributed by atoms with Gasteiger partial charge in [0.25, 0.3) is 0 Å². The van der Waals surface area contributed by atoms with E-state index in [1.165, 1.54) is 16.7 Å². The molecule has 2 aromatic carbocycles. The Hall–Kier alpha value is -1.80. The van der Waals surface area contributed by atoms with Gasteiger partial charge in [0.1, 0.15) is 18.5 Å². The van der Waals surface area contributed by atoms with E-state index in [9.17, 15) is 0 Å². The van der Waals surface area contributed by atoms with Crippen LogP contribution in [0.3, 0.4) is 0 Å². The van der Waals surface area contributed by atoms with E-state index >= 15 is 0 Å². The number of rotatable bonds is 4. The number of hydrogen-bond donors (Lipinski definition) is 0. The molecule has 1 aliphatic heterocycles. The molecule has 1 fully saturated rings. The number of aryl methyl sites for hydroxylation is 2. The Kier molecular flexibility index (Phi) is 3.26. The lowest BCUT2D eigenvalue weighted by Crippen LogP contribution is -2.05. The lowest BCUT2D eigenvalue weighted by molar-refractivity contribution is 0.264. The molecule has 0 aromatic heterocycles. The number of ether oxygens (including phenoxy) is 2. The van der Waals surface area contributed by atoms with Crippen molar-refractivity contribution in [2.45, 2.75) is 20.0 Å². The molecule has 0 bridgehead atoms. The van der Waals surface area contributed by atoms with Gasteiger partial charge in [-0.1, -0.05) is 42.0 Å². The van der Waals surface area contributed by atoms with Crippen LogP contribution in [0.1, 0.15) is 11.1 Å². The lowest BCUT2D eigenvalue weighted by Gasteiger charge is -2.12. The van der Waals surface area contributed by atoms with Crippen LogP contribution in [-0.4, -0.2) is 19.3 Å². The van der Waals surface area contributed by atoms with Crippen molar-refractivity contribution >= 4 is 0 Å². The molecule has 0 saturated carbocycles. The van der Waals surface area contributed by atoms with Gasteiger partial charge in [0, 0.05) is 5.56 Å². The Labute approximate surface area is 114 Å². The van der Waals surface area contributed by atoms with Crippen molar-refractivity contribution in [2.75, 3.05) is 13.2 Å². The fourth-order valence-electron chi connectivity index (χ4n) is 2.07. The topological polar surface area (TPSA) is 21.8 Å². The Morgan fingerprint density at radius 1 is 1.05 bits per heavy atom. The number of benzene rings is 2. The first-order valence-electron chi connectivity index (χ1n) is 6.64. The largest absolute Gasteiger partial charge is 0.490 e. The molecule has 1 aliphatic rings. The van der Waals surface area contributed by atoms with Gasteiger partial charge in [-0.3, -0.25) is 0 Å². The smallest absolute Gasteiger partial charge is 0.127 e. The average molecular weight is 254 g/mol. The van der Waals surface area contributed by atoms with E-state index in [2.05, 4.69) is 56.3 Å². The monoisotopic (exact) mass is 254 g/mol. The molecule has 0 amide bonds. The highest BCUT2D eigenvalue weighted by molar-refractivity contribution is 5.71. The van der Waals surface area contributed by atoms with Gasteiger partial charge in [0.05, 0.1) is 6.61 Å². The summed E-state index contributed by atoms with van der Waals surface area (Å²) < 4.78 is 11.1. The van der Waals surface area contributed by atoms with E-state index < -0.39 is 0 Å². The first-order chi connectivity index (χ1) is 9.22. The molecule has 2 heteroatoms. The molecule has 2 aromatic rings. The van der Waals surface area contributed by atoms with Crippen LogP contribution >= 0.6 is 0 Å². The summed E-state index contributed by atoms with van der Waals surface area (Å²) in [6.45, 7) is 5.65. The number of epoxide rings is 1. The highest BCUT2D eigenvalue weighted by atomic mass is 16.6. The van der Waals surface area contributed by atoms with Gasteiger partial charge >= 0.3 is 0 Å². The molecule has 3 rings (SSSR count). The van der Waals surface area contributed by atoms with Gasteiger partial charge in [-0.15, -0.1) is 0 Å². The van der Waals surface area contributed by atoms with Crippen LogP contribution in [0.15, 0.2) is 42.5 Å². The Morgan fingerprint density at radius 3 is 2.42 bits per heavy atom. The van der Waals surface area contributed by atoms with Crippen molar-refractivity contribution in [1.29, 1.82) is 0 Å². The summed E-state index contributed by atoms with van der Waals surface area (Å²) >= 11 is 0. The minimum Gasteiger partial charge on any atom is -0.490 e. The fraction of sp³-hybridized carbons (Fsp3) is 0.294. The average Bonchev–Trinajstić information content (AvgIpc) is 3.22. The summed E-state index contributed by atoms with van der Waals surface area (Å²) in [4.78, 5) is 0. The Balaban J connectivity index is 1.91. The van der Waals surface area contributed by atoms with Crippen molar-refractivity contribution < 1.29 is 9.47 Å². The molecule has 0 radical (unpaired) electrons. The van der Waals surface area contributed by atoms with Crippen LogP contribution in [0, 0.1) is 13.8 Å². The second-order valence-electron chi connectivity index (χ2n) is 5.13. The summed E-state index contributed by atoms with van der Waals surface area (Å²) in [5, 5.41) is 0. The molecule has 19 heavy (non-hydrogen) atoms. The predicted molar refractivity (Wildman–Crippen MR) is 76.6 cm³/mol. The summed E-state index contributed by atoms with van der Waals surface area (Å²) in [6.07, 6.45) is 0.284. The molecule has 1 atom stereocenters. The van der Waals surface area contributed by atoms with E-state index in [1.54, 1.807) is 0 Å². The van der Waals surface area contributed by atoms with Gasteiger partial charge in [-0.25, -0.2) is 0 Å². The third-order valence-electron chi connectivity index (χ3n) is 3.33. The van der Waals surface area contributed by atoms with Crippen molar-refractivity contribution in [2.24, 2.45) is 0 Å². The van der Waals surface area contributed by atoms with E-state index in [0.717, 1.165) is 17.9 Å². The third-order valence-corrected chi connectivity index (χ3v) is 3.33. The normalized spacial score (nSPS) is 17.3. The highest BCUT2D eigenvalue weighted by Crippen LogP contribution is 2.31. The van der Waals surface area contributed by atoms with Gasteiger partial charge in [0.15, 0.2) is 0 Å². The lowest BCUT2D eigenvalue weighted by atomic mass is 10.0. The molecule has 1 saturated heterocycles. The van der Waals surface area contributed by atoms with Crippen molar-refractivity contribution in [3.8, 4) is 16.9 Å². The van der Waals surface area contributed by atoms with Crippen molar-refractivity contribution in [3.63, 3.8) is 0 Å². The maximum absolute atomic E-state index is 5.90. The quantitative estimate of drug-likeness (QED) is 0.775. The van der Waals surface area contributed by atoms with Gasteiger partial charge in [-0.05, 0) is 31.0 Å². The van der Waals surface area contributed by atoms with Crippen LogP contribution in [0.5, 0.6) is 5.75 Å². The second-order valence-corrected chi connectivity index (χ2v) is 5.13. The minimum absolute atomic E-state index is 0.284. The molecule has 1 unspecified atom stereocenters. The Bertz CT molecular complexity index is 568. The molecule has 0 aliphatic carbocycles. The van der Waals surface area contributed by atoms with E-state index in [4.69, 9.17) is 9.47 Å². The standard InChI is InChI=1S/C17H18O2/c1-12-3-6-14(7-4-12)16-8-5-13(2)9-17(16)19-11-15-10-18-15/h3-9,15H,10-11H2,1-2H3. The van der Waals surface area contributed by atoms with Crippen molar-refractivity contribution in [3.05, 3.63) is 53.6 Å². The molecule has 1 heterocycles. The molecule has 2 nitrogen and oxygen atoms in total. The summed E-state index contributed by atoms with van der Waals surface area (Å²) in [7, 11) is 0.